The molecule has 0 saturated carbocycles. The van der Waals surface area contributed by atoms with Crippen LogP contribution in [0.4, 0.5) is 0 Å². The molecule has 4 heteroatoms. The molecule has 110 valence electrons. The quantitative estimate of drug-likeness (QED) is 0.541. The zero-order valence-corrected chi connectivity index (χ0v) is 12.4. The second kappa shape index (κ2) is 8.35. The molecule has 0 aromatic heterocycles. The molecule has 0 heterocycles. The molecular formula is C16H22O4. The summed E-state index contributed by atoms with van der Waals surface area (Å²) in [6.07, 6.45) is 1.97. The van der Waals surface area contributed by atoms with Crippen molar-refractivity contribution in [2.45, 2.75) is 39.5 Å². The fourth-order valence-corrected chi connectivity index (χ4v) is 1.83. The summed E-state index contributed by atoms with van der Waals surface area (Å²) >= 11 is 0. The maximum Gasteiger partial charge on any atom is 0.305 e. The molecular weight excluding hydrogens is 256 g/mol. The van der Waals surface area contributed by atoms with E-state index in [1.807, 2.05) is 32.0 Å². The van der Waals surface area contributed by atoms with E-state index >= 15 is 0 Å². The lowest BCUT2D eigenvalue weighted by molar-refractivity contribution is -0.140. The summed E-state index contributed by atoms with van der Waals surface area (Å²) in [6.45, 7) is 4.55. The number of esters is 1. The molecule has 0 N–H and O–H groups in total. The SMILES string of the molecule is CCCOc1ccc(C)cc1C(=O)CCCC(=O)OC. The molecule has 20 heavy (non-hydrogen) atoms. The fraction of sp³-hybridized carbons (Fsp3) is 0.500. The number of rotatable bonds is 8. The number of carbonyl (C=O) groups excluding carboxylic acids is 2. The second-order valence-corrected chi connectivity index (χ2v) is 4.70. The number of ketones is 1. The van der Waals surface area contributed by atoms with Gasteiger partial charge in [-0.25, -0.2) is 0 Å². The number of aryl methyl sites for hydroxylation is 1. The minimum absolute atomic E-state index is 0.00343. The largest absolute Gasteiger partial charge is 0.493 e. The second-order valence-electron chi connectivity index (χ2n) is 4.70. The number of Topliss-reactive ketones (excluding diaryl/α,β-unsaturated/α-hetero) is 1. The molecule has 4 nitrogen and oxygen atoms in total. The molecule has 1 aromatic rings. The maximum atomic E-state index is 12.2. The van der Waals surface area contributed by atoms with E-state index in [2.05, 4.69) is 4.74 Å². The van der Waals surface area contributed by atoms with Crippen molar-refractivity contribution in [3.63, 3.8) is 0 Å². The molecule has 0 bridgehead atoms. The zero-order chi connectivity index (χ0) is 15.0. The molecule has 0 aliphatic rings. The van der Waals surface area contributed by atoms with Gasteiger partial charge in [0.2, 0.25) is 0 Å². The fourth-order valence-electron chi connectivity index (χ4n) is 1.83. The smallest absolute Gasteiger partial charge is 0.305 e. The highest BCUT2D eigenvalue weighted by Crippen LogP contribution is 2.22. The Balaban J connectivity index is 2.69. The lowest BCUT2D eigenvalue weighted by Crippen LogP contribution is -2.07. The molecule has 0 radical (unpaired) electrons. The summed E-state index contributed by atoms with van der Waals surface area (Å²) in [5.74, 6) is 0.341. The van der Waals surface area contributed by atoms with E-state index in [1.165, 1.54) is 7.11 Å². The van der Waals surface area contributed by atoms with Gasteiger partial charge in [-0.3, -0.25) is 9.59 Å². The van der Waals surface area contributed by atoms with Crippen LogP contribution < -0.4 is 4.74 Å². The van der Waals surface area contributed by atoms with E-state index in [0.717, 1.165) is 12.0 Å². The molecule has 0 fully saturated rings. The van der Waals surface area contributed by atoms with Gasteiger partial charge in [0, 0.05) is 12.8 Å². The Labute approximate surface area is 120 Å². The molecule has 1 rings (SSSR count). The van der Waals surface area contributed by atoms with Gasteiger partial charge in [-0.2, -0.15) is 0 Å². The molecule has 0 amide bonds. The third-order valence-electron chi connectivity index (χ3n) is 2.91. The van der Waals surface area contributed by atoms with Crippen molar-refractivity contribution < 1.29 is 19.1 Å². The predicted molar refractivity (Wildman–Crippen MR) is 77.2 cm³/mol. The third-order valence-corrected chi connectivity index (χ3v) is 2.91. The highest BCUT2D eigenvalue weighted by atomic mass is 16.5. The lowest BCUT2D eigenvalue weighted by Gasteiger charge is -2.11. The number of hydrogen-bond acceptors (Lipinski definition) is 4. The van der Waals surface area contributed by atoms with Crippen LogP contribution in [0.1, 0.15) is 48.5 Å². The first-order chi connectivity index (χ1) is 9.58. The molecule has 0 atom stereocenters. The Morgan fingerprint density at radius 2 is 1.95 bits per heavy atom. The van der Waals surface area contributed by atoms with Crippen molar-refractivity contribution in [2.24, 2.45) is 0 Å². The number of benzene rings is 1. The van der Waals surface area contributed by atoms with E-state index in [4.69, 9.17) is 4.74 Å². The lowest BCUT2D eigenvalue weighted by atomic mass is 10.0. The van der Waals surface area contributed by atoms with Crippen LogP contribution in [0.2, 0.25) is 0 Å². The Morgan fingerprint density at radius 3 is 2.60 bits per heavy atom. The summed E-state index contributed by atoms with van der Waals surface area (Å²) in [7, 11) is 1.35. The molecule has 0 unspecified atom stereocenters. The van der Waals surface area contributed by atoms with Crippen LogP contribution in [0.25, 0.3) is 0 Å². The average molecular weight is 278 g/mol. The summed E-state index contributed by atoms with van der Waals surface area (Å²) in [5.41, 5.74) is 1.62. The minimum Gasteiger partial charge on any atom is -0.493 e. The highest BCUT2D eigenvalue weighted by Gasteiger charge is 2.13. The van der Waals surface area contributed by atoms with Crippen LogP contribution in [-0.2, 0) is 9.53 Å². The van der Waals surface area contributed by atoms with Crippen molar-refractivity contribution >= 4 is 11.8 Å². The van der Waals surface area contributed by atoms with Gasteiger partial charge in [0.05, 0.1) is 19.3 Å². The van der Waals surface area contributed by atoms with Gasteiger partial charge < -0.3 is 9.47 Å². The number of hydrogen-bond donors (Lipinski definition) is 0. The van der Waals surface area contributed by atoms with Gasteiger partial charge in [0.25, 0.3) is 0 Å². The number of carbonyl (C=O) groups is 2. The van der Waals surface area contributed by atoms with E-state index in [1.54, 1.807) is 0 Å². The van der Waals surface area contributed by atoms with Gasteiger partial charge in [-0.15, -0.1) is 0 Å². The van der Waals surface area contributed by atoms with Crippen molar-refractivity contribution in [3.8, 4) is 5.75 Å². The van der Waals surface area contributed by atoms with E-state index < -0.39 is 0 Å². The molecule has 0 spiro atoms. The van der Waals surface area contributed by atoms with Crippen LogP contribution in [0, 0.1) is 6.92 Å². The topological polar surface area (TPSA) is 52.6 Å². The zero-order valence-electron chi connectivity index (χ0n) is 12.4. The summed E-state index contributed by atoms with van der Waals surface area (Å²) < 4.78 is 10.2. The maximum absolute atomic E-state index is 12.2. The summed E-state index contributed by atoms with van der Waals surface area (Å²) in [5, 5.41) is 0. The number of methoxy groups -OCH3 is 1. The minimum atomic E-state index is -0.288. The monoisotopic (exact) mass is 278 g/mol. The van der Waals surface area contributed by atoms with Crippen molar-refractivity contribution in [3.05, 3.63) is 29.3 Å². The molecule has 0 aliphatic carbocycles. The van der Waals surface area contributed by atoms with Crippen molar-refractivity contribution in [1.82, 2.24) is 0 Å². The number of ether oxygens (including phenoxy) is 2. The Kier molecular flexibility index (Phi) is 6.77. The van der Waals surface area contributed by atoms with Gasteiger partial charge in [-0.05, 0) is 31.9 Å². The van der Waals surface area contributed by atoms with Crippen molar-refractivity contribution in [1.29, 1.82) is 0 Å². The Hall–Kier alpha value is -1.84. The average Bonchev–Trinajstić information content (AvgIpc) is 2.45. The highest BCUT2D eigenvalue weighted by molar-refractivity contribution is 5.99. The standard InChI is InChI=1S/C16H22O4/c1-4-10-20-15-9-8-12(2)11-13(15)14(17)6-5-7-16(18)19-3/h8-9,11H,4-7,10H2,1-3H3. The van der Waals surface area contributed by atoms with Gasteiger partial charge in [0.15, 0.2) is 5.78 Å². The predicted octanol–water partition coefficient (Wildman–Crippen LogP) is 3.31. The van der Waals surface area contributed by atoms with E-state index in [0.29, 0.717) is 30.8 Å². The van der Waals surface area contributed by atoms with Gasteiger partial charge in [-0.1, -0.05) is 18.6 Å². The van der Waals surface area contributed by atoms with E-state index in [9.17, 15) is 9.59 Å². The van der Waals surface area contributed by atoms with Crippen LogP contribution >= 0.6 is 0 Å². The van der Waals surface area contributed by atoms with Crippen LogP contribution in [-0.4, -0.2) is 25.5 Å². The van der Waals surface area contributed by atoms with Gasteiger partial charge >= 0.3 is 5.97 Å². The third kappa shape index (κ3) is 5.03. The molecule has 0 saturated heterocycles. The first-order valence-corrected chi connectivity index (χ1v) is 6.92. The van der Waals surface area contributed by atoms with Crippen molar-refractivity contribution in [2.75, 3.05) is 13.7 Å². The molecule has 1 aromatic carbocycles. The van der Waals surface area contributed by atoms with Gasteiger partial charge in [0.1, 0.15) is 5.75 Å². The van der Waals surface area contributed by atoms with Crippen LogP contribution in [0.3, 0.4) is 0 Å². The Morgan fingerprint density at radius 1 is 1.20 bits per heavy atom. The summed E-state index contributed by atoms with van der Waals surface area (Å²) in [6, 6.07) is 5.60. The summed E-state index contributed by atoms with van der Waals surface area (Å²) in [4.78, 5) is 23.3. The first-order valence-electron chi connectivity index (χ1n) is 6.92. The van der Waals surface area contributed by atoms with Crippen LogP contribution in [0.5, 0.6) is 5.75 Å². The first kappa shape index (κ1) is 16.2. The van der Waals surface area contributed by atoms with Crippen LogP contribution in [0.15, 0.2) is 18.2 Å². The Bertz CT molecular complexity index is 466. The normalized spacial score (nSPS) is 10.2. The van der Waals surface area contributed by atoms with E-state index in [-0.39, 0.29) is 18.2 Å². The molecule has 0 aliphatic heterocycles.